The molecular formula is C36H37F4N5O7S. The molecule has 0 bridgehead atoms. The van der Waals surface area contributed by atoms with E-state index in [4.69, 9.17) is 5.73 Å². The minimum Gasteiger partial charge on any atom is -0.450 e. The number of ether oxygens (including phenoxy) is 1. The van der Waals surface area contributed by atoms with Crippen molar-refractivity contribution in [2.24, 2.45) is 0 Å². The molecule has 3 N–H and O–H groups in total. The molecule has 53 heavy (non-hydrogen) atoms. The zero-order valence-electron chi connectivity index (χ0n) is 29.1. The van der Waals surface area contributed by atoms with Crippen molar-refractivity contribution in [3.8, 4) is 0 Å². The van der Waals surface area contributed by atoms with E-state index in [-0.39, 0.29) is 39.9 Å². The Balaban J connectivity index is 1.64. The van der Waals surface area contributed by atoms with Gasteiger partial charge in [0.25, 0.3) is 0 Å². The SMILES string of the molecule is CCc1ccc(F)c([C@@H](Nc2ccc3c(N)nccc3c2)C(=O)N2CCC[C@@H]2c2cc(N(OC(=O)C(F)(F)F)C(=O)OC)ccc2S(=O)(=O)C(C)C)c1. The summed E-state index contributed by atoms with van der Waals surface area (Å²) >= 11 is 0. The second-order valence-corrected chi connectivity index (χ2v) is 15.0. The molecule has 282 valence electrons. The Kier molecular flexibility index (Phi) is 11.2. The van der Waals surface area contributed by atoms with E-state index in [0.29, 0.717) is 29.3 Å². The van der Waals surface area contributed by atoms with Crippen molar-refractivity contribution >= 4 is 55.8 Å². The highest BCUT2D eigenvalue weighted by Crippen LogP contribution is 2.41. The van der Waals surface area contributed by atoms with Gasteiger partial charge in [-0.05, 0) is 98.2 Å². The molecule has 1 aromatic heterocycles. The number of rotatable bonds is 9. The fourth-order valence-electron chi connectivity index (χ4n) is 6.13. The van der Waals surface area contributed by atoms with Gasteiger partial charge in [-0.15, -0.1) is 5.06 Å². The molecule has 0 saturated carbocycles. The topological polar surface area (TPSA) is 161 Å². The van der Waals surface area contributed by atoms with Crippen LogP contribution in [0.4, 0.5) is 39.5 Å². The number of pyridine rings is 1. The molecule has 0 aliphatic carbocycles. The lowest BCUT2D eigenvalue weighted by atomic mass is 9.98. The minimum absolute atomic E-state index is 0.0223. The van der Waals surface area contributed by atoms with E-state index in [1.165, 1.54) is 31.0 Å². The fourth-order valence-corrected chi connectivity index (χ4v) is 7.42. The van der Waals surface area contributed by atoms with Gasteiger partial charge in [0.2, 0.25) is 5.91 Å². The summed E-state index contributed by atoms with van der Waals surface area (Å²) in [7, 11) is -3.28. The number of nitrogens with zero attached hydrogens (tertiary/aromatic N) is 3. The average molecular weight is 760 g/mol. The number of sulfone groups is 1. The molecule has 4 aromatic rings. The standard InChI is InChI=1S/C36H37F4N5O7S/c1-5-21-8-12-28(37)26(17-21)31(43-23-9-11-25-22(18-23)14-15-42-32(25)41)33(46)44-16-6-7-29(44)27-19-24(10-13-30(27)53(49,50)20(2)3)45(35(48)51-4)52-34(47)36(38,39)40/h8-15,17-20,29,31,43H,5-7,16H2,1-4H3,(H2,41,42)/t29-,31-/m1/s1. The number of fused-ring (bicyclic) bond motifs is 1. The molecule has 2 atom stereocenters. The molecule has 3 aromatic carbocycles. The third-order valence-corrected chi connectivity index (χ3v) is 11.2. The molecule has 1 fully saturated rings. The van der Waals surface area contributed by atoms with Gasteiger partial charge in [0.1, 0.15) is 17.7 Å². The minimum atomic E-state index is -5.49. The van der Waals surface area contributed by atoms with Crippen LogP contribution in [0.2, 0.25) is 0 Å². The monoisotopic (exact) mass is 759 g/mol. The summed E-state index contributed by atoms with van der Waals surface area (Å²) in [6.07, 6.45) is -4.42. The second kappa shape index (κ2) is 15.3. The van der Waals surface area contributed by atoms with Crippen LogP contribution in [0.25, 0.3) is 10.8 Å². The molecule has 0 spiro atoms. The molecule has 17 heteroatoms. The maximum absolute atomic E-state index is 15.7. The summed E-state index contributed by atoms with van der Waals surface area (Å²) in [5.74, 6) is -3.76. The Bertz CT molecular complexity index is 2160. The molecule has 2 heterocycles. The van der Waals surface area contributed by atoms with E-state index in [1.807, 2.05) is 6.92 Å². The number of benzene rings is 3. The van der Waals surface area contributed by atoms with E-state index in [1.54, 1.807) is 36.4 Å². The van der Waals surface area contributed by atoms with Crippen LogP contribution in [0.15, 0.2) is 71.8 Å². The first-order chi connectivity index (χ1) is 25.0. The van der Waals surface area contributed by atoms with Crippen molar-refractivity contribution in [2.75, 3.05) is 29.8 Å². The van der Waals surface area contributed by atoms with E-state index in [0.717, 1.165) is 30.9 Å². The van der Waals surface area contributed by atoms with Crippen LogP contribution >= 0.6 is 0 Å². The Labute approximate surface area is 302 Å². The Hall–Kier alpha value is -5.45. The van der Waals surface area contributed by atoms with Gasteiger partial charge in [-0.3, -0.25) is 4.79 Å². The number of carbonyl (C=O) groups is 3. The lowest BCUT2D eigenvalue weighted by molar-refractivity contribution is -0.200. The number of aryl methyl sites for hydroxylation is 1. The highest BCUT2D eigenvalue weighted by Gasteiger charge is 2.45. The molecular weight excluding hydrogens is 722 g/mol. The number of anilines is 3. The van der Waals surface area contributed by atoms with Gasteiger partial charge >= 0.3 is 18.2 Å². The highest BCUT2D eigenvalue weighted by atomic mass is 32.2. The van der Waals surface area contributed by atoms with E-state index >= 15 is 4.39 Å². The summed E-state index contributed by atoms with van der Waals surface area (Å²) < 4.78 is 87.2. The first-order valence-electron chi connectivity index (χ1n) is 16.5. The third kappa shape index (κ3) is 7.99. The number of nitrogen functional groups attached to an aromatic ring is 1. The number of alkyl halides is 3. The lowest BCUT2D eigenvalue weighted by Crippen LogP contribution is -2.39. The molecule has 2 amide bonds. The fraction of sp³-hybridized carbons (Fsp3) is 0.333. The van der Waals surface area contributed by atoms with Crippen molar-refractivity contribution in [3.05, 3.63) is 89.4 Å². The van der Waals surface area contributed by atoms with Crippen molar-refractivity contribution in [3.63, 3.8) is 0 Å². The maximum Gasteiger partial charge on any atom is 0.493 e. The predicted octanol–water partition coefficient (Wildman–Crippen LogP) is 6.81. The number of nitrogens with two attached hydrogens (primary N) is 1. The third-order valence-electron chi connectivity index (χ3n) is 8.93. The number of likely N-dealkylation sites (tertiary alicyclic amines) is 1. The Morgan fingerprint density at radius 3 is 2.47 bits per heavy atom. The summed E-state index contributed by atoms with van der Waals surface area (Å²) in [6.45, 7) is 4.80. The molecule has 1 saturated heterocycles. The van der Waals surface area contributed by atoms with Crippen LogP contribution in [0.5, 0.6) is 0 Å². The van der Waals surface area contributed by atoms with Gasteiger partial charge in [0.05, 0.1) is 29.0 Å². The number of carbonyl (C=O) groups excluding carboxylic acids is 3. The van der Waals surface area contributed by atoms with E-state index in [2.05, 4.69) is 19.9 Å². The summed E-state index contributed by atoms with van der Waals surface area (Å²) in [4.78, 5) is 48.7. The van der Waals surface area contributed by atoms with Gasteiger partial charge in [0.15, 0.2) is 9.84 Å². The van der Waals surface area contributed by atoms with Gasteiger partial charge in [-0.2, -0.15) is 13.2 Å². The summed E-state index contributed by atoms with van der Waals surface area (Å²) in [5.41, 5.74) is 6.68. The van der Waals surface area contributed by atoms with Crippen molar-refractivity contribution < 1.29 is 49.9 Å². The van der Waals surface area contributed by atoms with Crippen LogP contribution in [0, 0.1) is 5.82 Å². The van der Waals surface area contributed by atoms with Gasteiger partial charge in [0, 0.05) is 29.4 Å². The smallest absolute Gasteiger partial charge is 0.450 e. The normalized spacial score (nSPS) is 15.3. The quantitative estimate of drug-likeness (QED) is 0.137. The molecule has 0 radical (unpaired) electrons. The lowest BCUT2D eigenvalue weighted by Gasteiger charge is -2.32. The van der Waals surface area contributed by atoms with Crippen molar-refractivity contribution in [1.29, 1.82) is 0 Å². The van der Waals surface area contributed by atoms with Crippen LogP contribution in [-0.4, -0.2) is 61.4 Å². The van der Waals surface area contributed by atoms with Gasteiger partial charge < -0.3 is 25.5 Å². The van der Waals surface area contributed by atoms with Gasteiger partial charge in [-0.25, -0.2) is 27.4 Å². The molecule has 5 rings (SSSR count). The Morgan fingerprint density at radius 2 is 1.81 bits per heavy atom. The second-order valence-electron chi connectivity index (χ2n) is 12.6. The van der Waals surface area contributed by atoms with Crippen LogP contribution in [0.1, 0.15) is 62.4 Å². The molecule has 12 nitrogen and oxygen atoms in total. The molecule has 0 unspecified atom stereocenters. The van der Waals surface area contributed by atoms with Crippen molar-refractivity contribution in [2.45, 2.75) is 68.4 Å². The van der Waals surface area contributed by atoms with Crippen molar-refractivity contribution in [1.82, 2.24) is 9.88 Å². The van der Waals surface area contributed by atoms with Gasteiger partial charge in [-0.1, -0.05) is 19.1 Å². The average Bonchev–Trinajstić information content (AvgIpc) is 3.62. The number of methoxy groups -OCH3 is 1. The summed E-state index contributed by atoms with van der Waals surface area (Å²) in [6, 6.07) is 11.9. The summed E-state index contributed by atoms with van der Waals surface area (Å²) in [5, 5.41) is 3.47. The zero-order valence-corrected chi connectivity index (χ0v) is 29.9. The Morgan fingerprint density at radius 1 is 1.08 bits per heavy atom. The maximum atomic E-state index is 15.7. The number of hydroxylamine groups is 1. The van der Waals surface area contributed by atoms with E-state index < -0.39 is 62.8 Å². The number of nitrogens with one attached hydrogen (secondary N) is 1. The van der Waals surface area contributed by atoms with Crippen LogP contribution < -0.4 is 16.1 Å². The number of hydrogen-bond acceptors (Lipinski definition) is 10. The molecule has 1 aliphatic rings. The highest BCUT2D eigenvalue weighted by molar-refractivity contribution is 7.92. The van der Waals surface area contributed by atoms with Crippen LogP contribution in [-0.2, 0) is 35.4 Å². The number of aromatic nitrogens is 1. The number of hydrogen-bond donors (Lipinski definition) is 2. The predicted molar refractivity (Wildman–Crippen MR) is 188 cm³/mol. The zero-order chi connectivity index (χ0) is 38.8. The largest absolute Gasteiger partial charge is 0.493 e. The number of halogens is 4. The first kappa shape index (κ1) is 38.8. The van der Waals surface area contributed by atoms with E-state index in [9.17, 15) is 36.0 Å². The van der Waals surface area contributed by atoms with Crippen LogP contribution in [0.3, 0.4) is 0 Å². The first-order valence-corrected chi connectivity index (χ1v) is 18.1. The number of amides is 2. The molecule has 1 aliphatic heterocycles.